The Hall–Kier alpha value is -3.61. The Morgan fingerprint density at radius 3 is 2.48 bits per heavy atom. The Balaban J connectivity index is 1.86. The number of carbonyl (C=O) groups is 2. The Kier molecular flexibility index (Phi) is 5.51. The number of carbonyl (C=O) groups excluding carboxylic acids is 2. The van der Waals surface area contributed by atoms with Crippen molar-refractivity contribution in [2.24, 2.45) is 0 Å². The summed E-state index contributed by atoms with van der Waals surface area (Å²) >= 11 is 0. The maximum absolute atomic E-state index is 12.9. The summed E-state index contributed by atoms with van der Waals surface area (Å²) in [5.74, 6) is 0.462. The van der Waals surface area contributed by atoms with Crippen LogP contribution in [-0.4, -0.2) is 24.0 Å². The fraction of sp³-hybridized carbons (Fsp3) is 0.150. The number of anilines is 2. The van der Waals surface area contributed by atoms with E-state index < -0.39 is 6.04 Å². The predicted octanol–water partition coefficient (Wildman–Crippen LogP) is 3.13. The van der Waals surface area contributed by atoms with Crippen molar-refractivity contribution < 1.29 is 14.1 Å². The van der Waals surface area contributed by atoms with E-state index >= 15 is 0 Å². The van der Waals surface area contributed by atoms with Crippen LogP contribution in [0.25, 0.3) is 0 Å². The van der Waals surface area contributed by atoms with Gasteiger partial charge in [-0.15, -0.1) is 0 Å². The number of nitrogens with zero attached hydrogens (tertiary/aromatic N) is 1. The van der Waals surface area contributed by atoms with Crippen molar-refractivity contribution in [3.8, 4) is 0 Å². The van der Waals surface area contributed by atoms with E-state index in [-0.39, 0.29) is 11.8 Å². The first kappa shape index (κ1) is 18.2. The number of rotatable bonds is 6. The largest absolute Gasteiger partial charge is 0.370 e. The zero-order valence-electron chi connectivity index (χ0n) is 15.0. The van der Waals surface area contributed by atoms with Crippen LogP contribution in [-0.2, 0) is 4.79 Å². The summed E-state index contributed by atoms with van der Waals surface area (Å²) in [5, 5.41) is 12.3. The quantitative estimate of drug-likeness (QED) is 0.624. The molecule has 0 aliphatic rings. The minimum absolute atomic E-state index is 0.197. The number of hydrogen-bond acceptors (Lipinski definition) is 5. The lowest BCUT2D eigenvalue weighted by Gasteiger charge is -2.19. The van der Waals surface area contributed by atoms with Crippen molar-refractivity contribution in [3.63, 3.8) is 0 Å². The number of aryl methyl sites for hydroxylation is 1. The predicted molar refractivity (Wildman–Crippen MR) is 103 cm³/mol. The first-order valence-corrected chi connectivity index (χ1v) is 8.44. The Labute approximate surface area is 156 Å². The molecule has 3 aromatic rings. The Bertz CT molecular complexity index is 937. The van der Waals surface area contributed by atoms with E-state index in [1.807, 2.05) is 30.3 Å². The summed E-state index contributed by atoms with van der Waals surface area (Å²) in [6.07, 6.45) is 0. The van der Waals surface area contributed by atoms with E-state index in [0.717, 1.165) is 5.56 Å². The highest BCUT2D eigenvalue weighted by Gasteiger charge is 2.22. The average Bonchev–Trinajstić information content (AvgIpc) is 3.10. The molecular formula is C20H20N4O3. The van der Waals surface area contributed by atoms with E-state index in [1.54, 1.807) is 44.3 Å². The third kappa shape index (κ3) is 4.52. The van der Waals surface area contributed by atoms with Crippen LogP contribution in [0.1, 0.15) is 27.7 Å². The van der Waals surface area contributed by atoms with Crippen LogP contribution in [0, 0.1) is 6.92 Å². The molecule has 27 heavy (non-hydrogen) atoms. The molecule has 0 fully saturated rings. The van der Waals surface area contributed by atoms with Crippen LogP contribution in [0.3, 0.4) is 0 Å². The molecule has 2 amide bonds. The maximum Gasteiger partial charge on any atom is 0.252 e. The molecule has 0 saturated carbocycles. The molecule has 3 N–H and O–H groups in total. The first-order chi connectivity index (χ1) is 13.1. The molecule has 0 saturated heterocycles. The highest BCUT2D eigenvalue weighted by molar-refractivity contribution is 5.97. The van der Waals surface area contributed by atoms with Gasteiger partial charge in [-0.3, -0.25) is 9.59 Å². The van der Waals surface area contributed by atoms with Gasteiger partial charge in [-0.2, -0.15) is 0 Å². The Morgan fingerprint density at radius 1 is 1.04 bits per heavy atom. The van der Waals surface area contributed by atoms with Crippen LogP contribution in [0.5, 0.6) is 0 Å². The van der Waals surface area contributed by atoms with E-state index in [2.05, 4.69) is 21.1 Å². The van der Waals surface area contributed by atoms with Crippen LogP contribution >= 0.6 is 0 Å². The molecule has 1 heterocycles. The smallest absolute Gasteiger partial charge is 0.252 e. The molecule has 138 valence electrons. The van der Waals surface area contributed by atoms with Crippen molar-refractivity contribution in [3.05, 3.63) is 77.6 Å². The first-order valence-electron chi connectivity index (χ1n) is 8.44. The van der Waals surface area contributed by atoms with Crippen molar-refractivity contribution in [1.29, 1.82) is 0 Å². The van der Waals surface area contributed by atoms with Gasteiger partial charge in [0.25, 0.3) is 11.8 Å². The molecule has 1 unspecified atom stereocenters. The Morgan fingerprint density at radius 2 is 1.81 bits per heavy atom. The second-order valence-electron chi connectivity index (χ2n) is 5.96. The highest BCUT2D eigenvalue weighted by Crippen LogP contribution is 2.22. The third-order valence-corrected chi connectivity index (χ3v) is 3.94. The molecule has 3 rings (SSSR count). The molecule has 1 atom stereocenters. The van der Waals surface area contributed by atoms with Crippen molar-refractivity contribution >= 4 is 23.3 Å². The fourth-order valence-electron chi connectivity index (χ4n) is 2.63. The summed E-state index contributed by atoms with van der Waals surface area (Å²) < 4.78 is 4.99. The molecule has 0 aliphatic heterocycles. The minimum atomic E-state index is -0.678. The van der Waals surface area contributed by atoms with Gasteiger partial charge in [0.1, 0.15) is 11.8 Å². The second-order valence-corrected chi connectivity index (χ2v) is 5.96. The molecule has 0 bridgehead atoms. The number of amides is 2. The van der Waals surface area contributed by atoms with Gasteiger partial charge in [0.05, 0.1) is 0 Å². The van der Waals surface area contributed by atoms with Crippen LogP contribution in [0.2, 0.25) is 0 Å². The number of hydrogen-bond donors (Lipinski definition) is 3. The molecule has 7 heteroatoms. The van der Waals surface area contributed by atoms with E-state index in [9.17, 15) is 9.59 Å². The van der Waals surface area contributed by atoms with Crippen LogP contribution in [0.4, 0.5) is 11.5 Å². The number of benzene rings is 2. The summed E-state index contributed by atoms with van der Waals surface area (Å²) in [7, 11) is 1.57. The van der Waals surface area contributed by atoms with Gasteiger partial charge in [0, 0.05) is 24.4 Å². The van der Waals surface area contributed by atoms with E-state index in [1.165, 1.54) is 0 Å². The molecule has 0 spiro atoms. The van der Waals surface area contributed by atoms with Gasteiger partial charge in [-0.25, -0.2) is 0 Å². The summed E-state index contributed by atoms with van der Waals surface area (Å²) in [4.78, 5) is 24.7. The topological polar surface area (TPSA) is 96.3 Å². The molecule has 0 aliphatic carbocycles. The molecule has 2 aromatic carbocycles. The SMILES string of the molecule is CNC(=O)c1cccc(NC(C(=O)Nc2cc(C)on2)c2ccccc2)c1. The minimum Gasteiger partial charge on any atom is -0.370 e. The van der Waals surface area contributed by atoms with Crippen molar-refractivity contribution in [1.82, 2.24) is 10.5 Å². The summed E-state index contributed by atoms with van der Waals surface area (Å²) in [6, 6.07) is 17.2. The lowest BCUT2D eigenvalue weighted by molar-refractivity contribution is -0.117. The van der Waals surface area contributed by atoms with Crippen molar-refractivity contribution in [2.75, 3.05) is 17.7 Å². The second kappa shape index (κ2) is 8.18. The lowest BCUT2D eigenvalue weighted by Crippen LogP contribution is -2.27. The number of aromatic nitrogens is 1. The van der Waals surface area contributed by atoms with Gasteiger partial charge < -0.3 is 20.5 Å². The van der Waals surface area contributed by atoms with Gasteiger partial charge in [-0.1, -0.05) is 41.6 Å². The van der Waals surface area contributed by atoms with Crippen LogP contribution < -0.4 is 16.0 Å². The number of nitrogens with one attached hydrogen (secondary N) is 3. The van der Waals surface area contributed by atoms with Gasteiger partial charge >= 0.3 is 0 Å². The normalized spacial score (nSPS) is 11.5. The highest BCUT2D eigenvalue weighted by atomic mass is 16.5. The average molecular weight is 364 g/mol. The van der Waals surface area contributed by atoms with Gasteiger partial charge in [-0.05, 0) is 30.7 Å². The summed E-state index contributed by atoms with van der Waals surface area (Å²) in [5.41, 5.74) is 1.93. The molecule has 7 nitrogen and oxygen atoms in total. The van der Waals surface area contributed by atoms with Crippen molar-refractivity contribution in [2.45, 2.75) is 13.0 Å². The third-order valence-electron chi connectivity index (χ3n) is 3.94. The molecule has 0 radical (unpaired) electrons. The maximum atomic E-state index is 12.9. The molecule has 1 aromatic heterocycles. The zero-order valence-corrected chi connectivity index (χ0v) is 15.0. The fourth-order valence-corrected chi connectivity index (χ4v) is 2.63. The monoisotopic (exact) mass is 364 g/mol. The summed E-state index contributed by atoms with van der Waals surface area (Å²) in [6.45, 7) is 1.75. The zero-order chi connectivity index (χ0) is 19.2. The standard InChI is InChI=1S/C20H20N4O3/c1-13-11-17(24-27-13)23-20(26)18(14-7-4-3-5-8-14)22-16-10-6-9-15(12-16)19(25)21-2/h3-12,18,22H,1-2H3,(H,21,25)(H,23,24,26). The van der Waals surface area contributed by atoms with Crippen LogP contribution in [0.15, 0.2) is 65.2 Å². The van der Waals surface area contributed by atoms with Gasteiger partial charge in [0.15, 0.2) is 5.82 Å². The van der Waals surface area contributed by atoms with E-state index in [4.69, 9.17) is 4.52 Å². The molecular weight excluding hydrogens is 344 g/mol. The van der Waals surface area contributed by atoms with E-state index in [0.29, 0.717) is 22.8 Å². The van der Waals surface area contributed by atoms with Gasteiger partial charge in [0.2, 0.25) is 0 Å². The lowest BCUT2D eigenvalue weighted by atomic mass is 10.1.